The first-order chi connectivity index (χ1) is 27.2. The smallest absolute Gasteiger partial charge is 0.164 e. The van der Waals surface area contributed by atoms with E-state index < -0.39 is 17.5 Å². The van der Waals surface area contributed by atoms with E-state index in [0.717, 1.165) is 11.1 Å². The summed E-state index contributed by atoms with van der Waals surface area (Å²) in [5.41, 5.74) is 4.00. The lowest BCUT2D eigenvalue weighted by Crippen LogP contribution is -2.28. The zero-order valence-corrected chi connectivity index (χ0v) is 26.2. The van der Waals surface area contributed by atoms with Crippen molar-refractivity contribution in [2.24, 2.45) is 0 Å². The predicted octanol–water partition coefficient (Wildman–Crippen LogP) is 10.9. The van der Waals surface area contributed by atoms with Gasteiger partial charge in [-0.05, 0) is 50.6 Å². The van der Waals surface area contributed by atoms with Gasteiger partial charge in [-0.2, -0.15) is 0 Å². The molecule has 7 aromatic carbocycles. The van der Waals surface area contributed by atoms with Crippen molar-refractivity contribution in [3.05, 3.63) is 210 Å². The quantitative estimate of drug-likeness (QED) is 0.183. The summed E-state index contributed by atoms with van der Waals surface area (Å²) in [6.45, 7) is 0. The Bertz CT molecular complexity index is 2760. The highest BCUT2D eigenvalue weighted by atomic mass is 15.0. The van der Waals surface area contributed by atoms with Crippen molar-refractivity contribution in [3.8, 4) is 56.4 Å². The third-order valence-electron chi connectivity index (χ3n) is 9.05. The fourth-order valence-electron chi connectivity index (χ4n) is 6.79. The van der Waals surface area contributed by atoms with Gasteiger partial charge in [-0.3, -0.25) is 0 Å². The fourth-order valence-corrected chi connectivity index (χ4v) is 6.79. The van der Waals surface area contributed by atoms with Crippen molar-refractivity contribution in [2.45, 2.75) is 5.41 Å². The van der Waals surface area contributed by atoms with Crippen LogP contribution in [-0.2, 0) is 5.41 Å². The molecule has 9 rings (SSSR count). The van der Waals surface area contributed by atoms with Gasteiger partial charge < -0.3 is 0 Å². The van der Waals surface area contributed by atoms with E-state index in [1.807, 2.05) is 146 Å². The van der Waals surface area contributed by atoms with Crippen LogP contribution in [0, 0.1) is 0 Å². The highest BCUT2D eigenvalue weighted by Crippen LogP contribution is 2.56. The van der Waals surface area contributed by atoms with Crippen molar-refractivity contribution in [1.29, 1.82) is 0 Å². The Hall–Kier alpha value is -6.45. The van der Waals surface area contributed by atoms with Crippen molar-refractivity contribution < 1.29 is 9.60 Å². The van der Waals surface area contributed by atoms with Crippen molar-refractivity contribution in [3.63, 3.8) is 0 Å². The molecule has 1 heterocycles. The zero-order chi connectivity index (χ0) is 38.7. The van der Waals surface area contributed by atoms with Crippen molar-refractivity contribution in [2.75, 3.05) is 0 Å². The lowest BCUT2D eigenvalue weighted by molar-refractivity contribution is 0.768. The Morgan fingerprint density at radius 1 is 0.367 bits per heavy atom. The number of nitrogens with zero attached hydrogens (tertiary/aromatic N) is 3. The number of fused-ring (bicyclic) bond motifs is 3. The van der Waals surface area contributed by atoms with Crippen LogP contribution in [-0.4, -0.2) is 15.0 Å². The Labute approximate surface area is 296 Å². The zero-order valence-electron chi connectivity index (χ0n) is 33.2. The van der Waals surface area contributed by atoms with E-state index >= 15 is 0 Å². The molecule has 0 aliphatic heterocycles. The summed E-state index contributed by atoms with van der Waals surface area (Å²) in [4.78, 5) is 14.7. The third-order valence-corrected chi connectivity index (χ3v) is 9.05. The molecule has 0 spiro atoms. The second-order valence-corrected chi connectivity index (χ2v) is 11.8. The molecule has 0 amide bonds. The Morgan fingerprint density at radius 3 is 1.39 bits per heavy atom. The molecule has 0 unspecified atom stereocenters. The normalized spacial score (nSPS) is 14.7. The maximum absolute atomic E-state index is 10.1. The average molecular weight is 633 g/mol. The Morgan fingerprint density at radius 2 is 0.796 bits per heavy atom. The second kappa shape index (κ2) is 12.0. The number of hydrogen-bond acceptors (Lipinski definition) is 3. The maximum atomic E-state index is 10.1. The van der Waals surface area contributed by atoms with Crippen LogP contribution in [0.25, 0.3) is 56.4 Å². The summed E-state index contributed by atoms with van der Waals surface area (Å²) in [6.07, 6.45) is 0. The first-order valence-corrected chi connectivity index (χ1v) is 16.1. The monoisotopic (exact) mass is 632 g/mol. The lowest BCUT2D eigenvalue weighted by atomic mass is 9.67. The van der Waals surface area contributed by atoms with Gasteiger partial charge in [0, 0.05) is 16.7 Å². The van der Waals surface area contributed by atoms with Crippen LogP contribution in [0.1, 0.15) is 31.8 Å². The number of aromatic nitrogens is 3. The third kappa shape index (κ3) is 4.87. The summed E-state index contributed by atoms with van der Waals surface area (Å²) in [7, 11) is 0. The molecule has 3 heteroatoms. The molecule has 3 nitrogen and oxygen atoms in total. The molecule has 0 bridgehead atoms. The van der Waals surface area contributed by atoms with Gasteiger partial charge in [-0.1, -0.05) is 182 Å². The van der Waals surface area contributed by atoms with Gasteiger partial charge in [0.25, 0.3) is 0 Å². The SMILES string of the molecule is [2H]c1c([2H])c([2H])c2c(c1[2H])-c1c([2H])c([2H])c(-c3nc(-c4ccccc4)nc(-c4ccc(-c5ccccc5)cc4)n3)c([2H])c1C2(c1ccccc1)c1ccccc1. The van der Waals surface area contributed by atoms with E-state index in [0.29, 0.717) is 33.9 Å². The maximum Gasteiger partial charge on any atom is 0.164 e. The van der Waals surface area contributed by atoms with Crippen molar-refractivity contribution >= 4 is 0 Å². The minimum atomic E-state index is -1.47. The van der Waals surface area contributed by atoms with E-state index in [-0.39, 0.29) is 63.9 Å². The molecule has 1 aromatic heterocycles. The summed E-state index contributed by atoms with van der Waals surface area (Å²) >= 11 is 0. The molecule has 0 fully saturated rings. The van der Waals surface area contributed by atoms with Gasteiger partial charge in [0.05, 0.1) is 15.0 Å². The summed E-state index contributed by atoms with van der Waals surface area (Å²) in [5.74, 6) is 0.668. The largest absolute Gasteiger partial charge is 0.208 e. The van der Waals surface area contributed by atoms with Gasteiger partial charge in [0.15, 0.2) is 17.5 Å². The van der Waals surface area contributed by atoms with Crippen LogP contribution in [0.15, 0.2) is 188 Å². The summed E-state index contributed by atoms with van der Waals surface area (Å²) in [6, 6.07) is 43.6. The molecule has 0 atom stereocenters. The Balaban J connectivity index is 1.37. The summed E-state index contributed by atoms with van der Waals surface area (Å²) < 4.78 is 65.3. The van der Waals surface area contributed by atoms with Crippen molar-refractivity contribution in [1.82, 2.24) is 15.0 Å². The van der Waals surface area contributed by atoms with Gasteiger partial charge >= 0.3 is 0 Å². The highest BCUT2D eigenvalue weighted by molar-refractivity contribution is 5.88. The minimum absolute atomic E-state index is 0.00483. The molecule has 230 valence electrons. The van der Waals surface area contributed by atoms with Crippen LogP contribution >= 0.6 is 0 Å². The van der Waals surface area contributed by atoms with E-state index in [1.54, 1.807) is 0 Å². The minimum Gasteiger partial charge on any atom is -0.208 e. The number of benzene rings is 7. The van der Waals surface area contributed by atoms with E-state index in [9.17, 15) is 6.85 Å². The molecule has 49 heavy (non-hydrogen) atoms. The number of hydrogen-bond donors (Lipinski definition) is 0. The molecular weight excluding hydrogens is 595 g/mol. The lowest BCUT2D eigenvalue weighted by Gasteiger charge is -2.34. The van der Waals surface area contributed by atoms with Gasteiger partial charge in [0.2, 0.25) is 0 Å². The Kier molecular flexibility index (Phi) is 5.42. The van der Waals surface area contributed by atoms with E-state index in [1.165, 1.54) is 0 Å². The highest BCUT2D eigenvalue weighted by Gasteiger charge is 2.46. The first-order valence-electron chi connectivity index (χ1n) is 19.6. The fraction of sp³-hybridized carbons (Fsp3) is 0.0217. The molecule has 1 aliphatic carbocycles. The predicted molar refractivity (Wildman–Crippen MR) is 199 cm³/mol. The molecule has 0 N–H and O–H groups in total. The van der Waals surface area contributed by atoms with Crippen LogP contribution in [0.5, 0.6) is 0 Å². The van der Waals surface area contributed by atoms with E-state index in [2.05, 4.69) is 0 Å². The van der Waals surface area contributed by atoms with Crippen LogP contribution < -0.4 is 0 Å². The molecular formula is C46H31N3. The molecule has 0 saturated heterocycles. The van der Waals surface area contributed by atoms with Gasteiger partial charge in [0.1, 0.15) is 0 Å². The van der Waals surface area contributed by atoms with Crippen LogP contribution in [0.4, 0.5) is 0 Å². The molecule has 0 radical (unpaired) electrons. The van der Waals surface area contributed by atoms with Gasteiger partial charge in [-0.25, -0.2) is 15.0 Å². The van der Waals surface area contributed by atoms with Gasteiger partial charge in [-0.15, -0.1) is 0 Å². The van der Waals surface area contributed by atoms with E-state index in [4.69, 9.17) is 17.7 Å². The average Bonchev–Trinajstić information content (AvgIpc) is 3.59. The molecule has 1 aliphatic rings. The standard InChI is InChI=1S/C46H31N3/c1-5-15-32(16-6-1)33-25-27-35(28-26-33)44-47-43(34-17-7-2-8-18-34)48-45(49-44)36-29-30-40-39-23-13-14-24-41(39)46(42(40)31-36,37-19-9-3-10-20-37)38-21-11-4-12-22-38/h1-31H/i13D,14D,23D,24D,29D,30D,31D. The summed E-state index contributed by atoms with van der Waals surface area (Å²) in [5, 5.41) is 0. The molecule has 0 saturated carbocycles. The molecule has 8 aromatic rings. The first kappa shape index (κ1) is 22.2. The number of rotatable bonds is 6. The second-order valence-electron chi connectivity index (χ2n) is 11.8. The topological polar surface area (TPSA) is 38.7 Å². The van der Waals surface area contributed by atoms with Crippen LogP contribution in [0.3, 0.4) is 0 Å². The van der Waals surface area contributed by atoms with Crippen LogP contribution in [0.2, 0.25) is 0 Å².